The van der Waals surface area contributed by atoms with Gasteiger partial charge in [-0.3, -0.25) is 14.9 Å². The van der Waals surface area contributed by atoms with Crippen LogP contribution < -0.4 is 10.1 Å². The molecule has 3 aromatic rings. The summed E-state index contributed by atoms with van der Waals surface area (Å²) in [5.41, 5.74) is 2.34. The van der Waals surface area contributed by atoms with Gasteiger partial charge in [0.05, 0.1) is 20.1 Å². The van der Waals surface area contributed by atoms with Crippen LogP contribution >= 0.6 is 11.6 Å². The van der Waals surface area contributed by atoms with Crippen molar-refractivity contribution in [1.29, 1.82) is 0 Å². The number of hydrogen-bond acceptors (Lipinski definition) is 5. The number of carbonyl (C=O) groups is 2. The molecule has 3 aromatic carbocycles. The monoisotopic (exact) mass is 449 g/mol. The van der Waals surface area contributed by atoms with E-state index in [0.717, 1.165) is 11.1 Å². The van der Waals surface area contributed by atoms with Gasteiger partial charge >= 0.3 is 5.97 Å². The second kappa shape index (κ2) is 9.55. The molecule has 0 spiro atoms. The Morgan fingerprint density at radius 2 is 1.50 bits per heavy atom. The molecule has 1 fully saturated rings. The number of methoxy groups -OCH3 is 2. The third kappa shape index (κ3) is 4.27. The van der Waals surface area contributed by atoms with E-state index in [4.69, 9.17) is 21.1 Å². The number of ketones is 1. The van der Waals surface area contributed by atoms with Gasteiger partial charge in [-0.15, -0.1) is 0 Å². The lowest BCUT2D eigenvalue weighted by atomic mass is 9.76. The topological polar surface area (TPSA) is 64.6 Å². The fourth-order valence-corrected chi connectivity index (χ4v) is 4.59. The summed E-state index contributed by atoms with van der Waals surface area (Å²) in [6.45, 7) is 0. The highest BCUT2D eigenvalue weighted by Gasteiger charge is 2.51. The first-order valence-electron chi connectivity index (χ1n) is 10.4. The zero-order chi connectivity index (χ0) is 22.7. The number of carbonyl (C=O) groups excluding carboxylic acids is 2. The molecule has 0 bridgehead atoms. The third-order valence-corrected chi connectivity index (χ3v) is 6.26. The minimum absolute atomic E-state index is 0.0552. The number of Topliss-reactive ketones (excluding diaryl/α,β-unsaturated/α-hetero) is 1. The van der Waals surface area contributed by atoms with E-state index in [-0.39, 0.29) is 5.78 Å². The van der Waals surface area contributed by atoms with Crippen molar-refractivity contribution in [3.8, 4) is 5.75 Å². The van der Waals surface area contributed by atoms with E-state index in [1.54, 1.807) is 43.5 Å². The fraction of sp³-hybridized carbons (Fsp3) is 0.231. The van der Waals surface area contributed by atoms with Crippen molar-refractivity contribution in [2.75, 3.05) is 14.2 Å². The fourth-order valence-electron chi connectivity index (χ4n) is 4.47. The Kier molecular flexibility index (Phi) is 6.58. The van der Waals surface area contributed by atoms with E-state index in [1.807, 2.05) is 42.5 Å². The standard InChI is InChI=1S/C26H24ClNO4/c1-31-20-14-10-18(11-15-20)25(29)22-21(16-6-4-3-5-7-16)24(26(30)32-2)28-23(22)17-8-12-19(27)13-9-17/h3-15,21-24,28H,1-2H3/t21-,22-,23-,24-/m0/s1. The van der Waals surface area contributed by atoms with Crippen LogP contribution in [0.15, 0.2) is 78.9 Å². The molecule has 0 unspecified atom stereocenters. The van der Waals surface area contributed by atoms with Crippen LogP contribution in [0, 0.1) is 5.92 Å². The molecule has 1 heterocycles. The molecular formula is C26H24ClNO4. The minimum atomic E-state index is -0.671. The summed E-state index contributed by atoms with van der Waals surface area (Å²) >= 11 is 6.09. The first-order chi connectivity index (χ1) is 15.5. The number of ether oxygens (including phenoxy) is 2. The van der Waals surface area contributed by atoms with Crippen molar-refractivity contribution in [1.82, 2.24) is 5.32 Å². The zero-order valence-corrected chi connectivity index (χ0v) is 18.6. The van der Waals surface area contributed by atoms with Crippen molar-refractivity contribution in [2.45, 2.75) is 18.0 Å². The normalized spacial score (nSPS) is 22.3. The first kappa shape index (κ1) is 22.1. The molecule has 4 atom stereocenters. The maximum atomic E-state index is 13.9. The summed E-state index contributed by atoms with van der Waals surface area (Å²) in [4.78, 5) is 26.7. The van der Waals surface area contributed by atoms with Crippen LogP contribution in [0.3, 0.4) is 0 Å². The highest BCUT2D eigenvalue weighted by molar-refractivity contribution is 6.30. The lowest BCUT2D eigenvalue weighted by Crippen LogP contribution is -2.36. The number of esters is 1. The van der Waals surface area contributed by atoms with Crippen LogP contribution in [-0.4, -0.2) is 32.0 Å². The van der Waals surface area contributed by atoms with Crippen LogP contribution in [0.2, 0.25) is 5.02 Å². The molecule has 164 valence electrons. The summed E-state index contributed by atoms with van der Waals surface area (Å²) in [5, 5.41) is 3.99. The number of benzene rings is 3. The molecule has 0 saturated carbocycles. The lowest BCUT2D eigenvalue weighted by molar-refractivity contribution is -0.143. The van der Waals surface area contributed by atoms with Crippen molar-refractivity contribution in [3.63, 3.8) is 0 Å². The third-order valence-electron chi connectivity index (χ3n) is 6.01. The molecule has 0 aliphatic carbocycles. The van der Waals surface area contributed by atoms with E-state index < -0.39 is 29.9 Å². The maximum absolute atomic E-state index is 13.9. The van der Waals surface area contributed by atoms with Gasteiger partial charge in [-0.2, -0.15) is 0 Å². The Balaban J connectivity index is 1.83. The number of nitrogens with one attached hydrogen (secondary N) is 1. The van der Waals surface area contributed by atoms with Crippen molar-refractivity contribution < 1.29 is 19.1 Å². The molecule has 6 heteroatoms. The second-order valence-corrected chi connectivity index (χ2v) is 8.19. The van der Waals surface area contributed by atoms with Gasteiger partial charge in [0.25, 0.3) is 0 Å². The number of halogens is 1. The van der Waals surface area contributed by atoms with E-state index in [2.05, 4.69) is 5.32 Å². The zero-order valence-electron chi connectivity index (χ0n) is 17.8. The van der Waals surface area contributed by atoms with Crippen LogP contribution in [0.25, 0.3) is 0 Å². The smallest absolute Gasteiger partial charge is 0.323 e. The van der Waals surface area contributed by atoms with Crippen LogP contribution in [0.5, 0.6) is 5.75 Å². The second-order valence-electron chi connectivity index (χ2n) is 7.75. The SMILES string of the molecule is COC(=O)[C@H]1N[C@@H](c2ccc(Cl)cc2)[C@@H](C(=O)c2ccc(OC)cc2)[C@@H]1c1ccccc1. The first-order valence-corrected chi connectivity index (χ1v) is 10.7. The van der Waals surface area contributed by atoms with Crippen molar-refractivity contribution in [3.05, 3.63) is 101 Å². The Morgan fingerprint density at radius 1 is 0.844 bits per heavy atom. The van der Waals surface area contributed by atoms with E-state index >= 15 is 0 Å². The molecule has 32 heavy (non-hydrogen) atoms. The van der Waals surface area contributed by atoms with E-state index in [1.165, 1.54) is 7.11 Å². The molecule has 0 aromatic heterocycles. The van der Waals surface area contributed by atoms with Crippen LogP contribution in [-0.2, 0) is 9.53 Å². The minimum Gasteiger partial charge on any atom is -0.497 e. The molecule has 4 rings (SSSR count). The average Bonchev–Trinajstić information content (AvgIpc) is 3.24. The van der Waals surface area contributed by atoms with Crippen molar-refractivity contribution in [2.24, 2.45) is 5.92 Å². The molecule has 1 aliphatic heterocycles. The molecule has 5 nitrogen and oxygen atoms in total. The van der Waals surface area contributed by atoms with Crippen LogP contribution in [0.4, 0.5) is 0 Å². The van der Waals surface area contributed by atoms with Gasteiger partial charge in [0, 0.05) is 22.5 Å². The van der Waals surface area contributed by atoms with Gasteiger partial charge in [0.15, 0.2) is 5.78 Å². The predicted octanol–water partition coefficient (Wildman–Crippen LogP) is 4.82. The largest absolute Gasteiger partial charge is 0.497 e. The average molecular weight is 450 g/mol. The van der Waals surface area contributed by atoms with Gasteiger partial charge in [-0.25, -0.2) is 0 Å². The Hall–Kier alpha value is -3.15. The highest BCUT2D eigenvalue weighted by Crippen LogP contribution is 2.45. The lowest BCUT2D eigenvalue weighted by Gasteiger charge is -2.25. The Morgan fingerprint density at radius 3 is 2.09 bits per heavy atom. The highest BCUT2D eigenvalue weighted by atomic mass is 35.5. The summed E-state index contributed by atoms with van der Waals surface area (Å²) in [6.07, 6.45) is 0. The Labute approximate surface area is 192 Å². The van der Waals surface area contributed by atoms with Crippen molar-refractivity contribution >= 4 is 23.4 Å². The molecule has 1 aliphatic rings. The molecule has 0 radical (unpaired) electrons. The van der Waals surface area contributed by atoms with Gasteiger partial charge in [-0.05, 0) is 47.5 Å². The summed E-state index contributed by atoms with van der Waals surface area (Å²) in [5.74, 6) is -0.717. The molecule has 0 amide bonds. The van der Waals surface area contributed by atoms with Crippen LogP contribution in [0.1, 0.15) is 33.4 Å². The molecule has 1 saturated heterocycles. The van der Waals surface area contributed by atoms with Gasteiger partial charge in [0.1, 0.15) is 11.8 Å². The quantitative estimate of drug-likeness (QED) is 0.432. The van der Waals surface area contributed by atoms with Gasteiger partial charge < -0.3 is 9.47 Å². The molecule has 1 N–H and O–H groups in total. The number of hydrogen-bond donors (Lipinski definition) is 1. The molecular weight excluding hydrogens is 426 g/mol. The summed E-state index contributed by atoms with van der Waals surface area (Å²) < 4.78 is 10.3. The predicted molar refractivity (Wildman–Crippen MR) is 123 cm³/mol. The summed E-state index contributed by atoms with van der Waals surface area (Å²) in [6, 6.07) is 23.0. The maximum Gasteiger partial charge on any atom is 0.323 e. The van der Waals surface area contributed by atoms with E-state index in [0.29, 0.717) is 16.3 Å². The van der Waals surface area contributed by atoms with Gasteiger partial charge in [0.2, 0.25) is 0 Å². The Bertz CT molecular complexity index is 1080. The van der Waals surface area contributed by atoms with E-state index in [9.17, 15) is 9.59 Å². The summed E-state index contributed by atoms with van der Waals surface area (Å²) in [7, 11) is 2.95. The number of rotatable bonds is 6. The van der Waals surface area contributed by atoms with Gasteiger partial charge in [-0.1, -0.05) is 54.1 Å².